The molecule has 66 valence electrons. The fourth-order valence-corrected chi connectivity index (χ4v) is 1.74. The van der Waals surface area contributed by atoms with Crippen molar-refractivity contribution in [1.29, 1.82) is 0 Å². The highest BCUT2D eigenvalue weighted by Gasteiger charge is 2.25. The van der Waals surface area contributed by atoms with E-state index in [9.17, 15) is 0 Å². The van der Waals surface area contributed by atoms with Gasteiger partial charge in [-0.1, -0.05) is 6.92 Å². The molecule has 0 bridgehead atoms. The number of oxazole rings is 1. The Kier molecular flexibility index (Phi) is 2.13. The smallest absolute Gasteiger partial charge is 0.198 e. The molecular formula is C9H14N2O. The topological polar surface area (TPSA) is 38.1 Å². The molecule has 0 aromatic carbocycles. The predicted molar refractivity (Wildman–Crippen MR) is 45.9 cm³/mol. The maximum absolute atomic E-state index is 5.29. The Hall–Kier alpha value is -0.830. The zero-order valence-corrected chi connectivity index (χ0v) is 7.29. The molecule has 12 heavy (non-hydrogen) atoms. The van der Waals surface area contributed by atoms with Crippen molar-refractivity contribution in [3.8, 4) is 0 Å². The van der Waals surface area contributed by atoms with Gasteiger partial charge in [-0.2, -0.15) is 0 Å². The summed E-state index contributed by atoms with van der Waals surface area (Å²) in [6.07, 6.45) is 4.58. The van der Waals surface area contributed by atoms with Gasteiger partial charge in [0.05, 0.1) is 12.1 Å². The maximum Gasteiger partial charge on any atom is 0.198 e. The van der Waals surface area contributed by atoms with E-state index >= 15 is 0 Å². The van der Waals surface area contributed by atoms with E-state index in [0.29, 0.717) is 11.8 Å². The highest BCUT2D eigenvalue weighted by atomic mass is 16.3. The number of hydrogen-bond donors (Lipinski definition) is 1. The van der Waals surface area contributed by atoms with E-state index in [1.54, 1.807) is 12.5 Å². The van der Waals surface area contributed by atoms with Gasteiger partial charge in [0, 0.05) is 6.54 Å². The molecule has 3 heteroatoms. The number of hydrogen-bond acceptors (Lipinski definition) is 3. The first-order valence-electron chi connectivity index (χ1n) is 4.48. The number of rotatable bonds is 1. The summed E-state index contributed by atoms with van der Waals surface area (Å²) in [5.41, 5.74) is 0. The second-order valence-corrected chi connectivity index (χ2v) is 3.45. The quantitative estimate of drug-likeness (QED) is 0.685. The Balaban J connectivity index is 2.11. The summed E-state index contributed by atoms with van der Waals surface area (Å²) in [5, 5.41) is 3.35. The monoisotopic (exact) mass is 166 g/mol. The van der Waals surface area contributed by atoms with E-state index in [-0.39, 0.29) is 0 Å². The van der Waals surface area contributed by atoms with Crippen molar-refractivity contribution < 1.29 is 4.42 Å². The molecule has 1 aromatic rings. The summed E-state index contributed by atoms with van der Waals surface area (Å²) < 4.78 is 5.29. The van der Waals surface area contributed by atoms with E-state index in [1.165, 1.54) is 6.42 Å². The lowest BCUT2D eigenvalue weighted by Crippen LogP contribution is -2.33. The molecule has 1 saturated heterocycles. The molecule has 1 aromatic heterocycles. The van der Waals surface area contributed by atoms with Crippen LogP contribution in [-0.2, 0) is 0 Å². The van der Waals surface area contributed by atoms with Crippen LogP contribution >= 0.6 is 0 Å². The lowest BCUT2D eigenvalue weighted by Gasteiger charge is -2.26. The van der Waals surface area contributed by atoms with E-state index in [1.807, 2.05) is 0 Å². The summed E-state index contributed by atoms with van der Waals surface area (Å²) in [6.45, 7) is 4.38. The predicted octanol–water partition coefficient (Wildman–Crippen LogP) is 1.39. The Morgan fingerprint density at radius 2 is 2.58 bits per heavy atom. The van der Waals surface area contributed by atoms with Crippen molar-refractivity contribution in [2.75, 3.05) is 13.1 Å². The van der Waals surface area contributed by atoms with E-state index in [2.05, 4.69) is 17.2 Å². The Bertz CT molecular complexity index is 233. The van der Waals surface area contributed by atoms with Crippen LogP contribution in [-0.4, -0.2) is 18.1 Å². The first kappa shape index (κ1) is 7.80. The minimum atomic E-state index is 0.466. The third-order valence-electron chi connectivity index (χ3n) is 2.60. The molecule has 0 spiro atoms. The zero-order chi connectivity index (χ0) is 8.39. The van der Waals surface area contributed by atoms with Gasteiger partial charge in [0.25, 0.3) is 0 Å². The average Bonchev–Trinajstić information content (AvgIpc) is 2.57. The Morgan fingerprint density at radius 3 is 3.25 bits per heavy atom. The summed E-state index contributed by atoms with van der Waals surface area (Å²) in [7, 11) is 0. The first-order chi connectivity index (χ1) is 5.88. The van der Waals surface area contributed by atoms with Crippen LogP contribution in [0.1, 0.15) is 25.2 Å². The van der Waals surface area contributed by atoms with Crippen molar-refractivity contribution in [1.82, 2.24) is 10.3 Å². The summed E-state index contributed by atoms with van der Waals surface area (Å²) in [5.74, 6) is 2.04. The molecule has 2 atom stereocenters. The second kappa shape index (κ2) is 3.27. The Morgan fingerprint density at radius 1 is 1.67 bits per heavy atom. The molecule has 3 nitrogen and oxygen atoms in total. The molecular weight excluding hydrogens is 152 g/mol. The minimum Gasteiger partial charge on any atom is -0.449 e. The van der Waals surface area contributed by atoms with Crippen LogP contribution < -0.4 is 5.32 Å². The first-order valence-corrected chi connectivity index (χ1v) is 4.48. The van der Waals surface area contributed by atoms with E-state index in [0.717, 1.165) is 19.0 Å². The van der Waals surface area contributed by atoms with Crippen LogP contribution in [0.4, 0.5) is 0 Å². The van der Waals surface area contributed by atoms with Crippen LogP contribution in [0.2, 0.25) is 0 Å². The van der Waals surface area contributed by atoms with Gasteiger partial charge in [-0.3, -0.25) is 0 Å². The number of nitrogens with zero attached hydrogens (tertiary/aromatic N) is 1. The van der Waals surface area contributed by atoms with Gasteiger partial charge in [-0.05, 0) is 18.9 Å². The van der Waals surface area contributed by atoms with Crippen LogP contribution in [0.25, 0.3) is 0 Å². The molecule has 1 fully saturated rings. The van der Waals surface area contributed by atoms with Crippen LogP contribution in [0.3, 0.4) is 0 Å². The van der Waals surface area contributed by atoms with Gasteiger partial charge in [0.15, 0.2) is 5.89 Å². The van der Waals surface area contributed by atoms with Gasteiger partial charge in [-0.15, -0.1) is 0 Å². The fraction of sp³-hybridized carbons (Fsp3) is 0.667. The van der Waals surface area contributed by atoms with E-state index < -0.39 is 0 Å². The summed E-state index contributed by atoms with van der Waals surface area (Å²) in [6, 6.07) is 0. The zero-order valence-electron chi connectivity index (χ0n) is 7.29. The van der Waals surface area contributed by atoms with Crippen molar-refractivity contribution in [2.24, 2.45) is 5.92 Å². The van der Waals surface area contributed by atoms with Crippen molar-refractivity contribution in [3.63, 3.8) is 0 Å². The lowest BCUT2D eigenvalue weighted by atomic mass is 9.88. The molecule has 0 aliphatic carbocycles. The molecule has 1 N–H and O–H groups in total. The maximum atomic E-state index is 5.29. The van der Waals surface area contributed by atoms with Gasteiger partial charge < -0.3 is 9.73 Å². The minimum absolute atomic E-state index is 0.466. The highest BCUT2D eigenvalue weighted by molar-refractivity contribution is 4.97. The molecule has 0 amide bonds. The molecule has 0 saturated carbocycles. The van der Waals surface area contributed by atoms with Crippen molar-refractivity contribution >= 4 is 0 Å². The standard InChI is InChI=1S/C9H14N2O/c1-7-2-3-10-6-8(7)9-11-4-5-12-9/h4-5,7-8,10H,2-3,6H2,1H3. The number of piperidine rings is 1. The third kappa shape index (κ3) is 1.37. The highest BCUT2D eigenvalue weighted by Crippen LogP contribution is 2.27. The second-order valence-electron chi connectivity index (χ2n) is 3.45. The largest absolute Gasteiger partial charge is 0.449 e. The third-order valence-corrected chi connectivity index (χ3v) is 2.60. The lowest BCUT2D eigenvalue weighted by molar-refractivity contribution is 0.297. The normalized spacial score (nSPS) is 30.4. The van der Waals surface area contributed by atoms with Gasteiger partial charge in [-0.25, -0.2) is 4.98 Å². The molecule has 1 aliphatic rings. The van der Waals surface area contributed by atoms with Crippen molar-refractivity contribution in [3.05, 3.63) is 18.4 Å². The Labute approximate surface area is 72.2 Å². The molecule has 0 radical (unpaired) electrons. The van der Waals surface area contributed by atoms with Gasteiger partial charge in [0.1, 0.15) is 6.26 Å². The van der Waals surface area contributed by atoms with Crippen LogP contribution in [0.5, 0.6) is 0 Å². The van der Waals surface area contributed by atoms with Gasteiger partial charge in [0.2, 0.25) is 0 Å². The van der Waals surface area contributed by atoms with Crippen molar-refractivity contribution in [2.45, 2.75) is 19.3 Å². The molecule has 2 unspecified atom stereocenters. The van der Waals surface area contributed by atoms with E-state index in [4.69, 9.17) is 4.42 Å². The molecule has 2 heterocycles. The summed E-state index contributed by atoms with van der Waals surface area (Å²) in [4.78, 5) is 4.18. The summed E-state index contributed by atoms with van der Waals surface area (Å²) >= 11 is 0. The number of aromatic nitrogens is 1. The van der Waals surface area contributed by atoms with Crippen LogP contribution in [0.15, 0.2) is 16.9 Å². The molecule has 1 aliphatic heterocycles. The average molecular weight is 166 g/mol. The molecule has 2 rings (SSSR count). The number of nitrogens with one attached hydrogen (secondary N) is 1. The SMILES string of the molecule is CC1CCNCC1c1ncco1. The fourth-order valence-electron chi connectivity index (χ4n) is 1.74. The van der Waals surface area contributed by atoms with Gasteiger partial charge >= 0.3 is 0 Å². The van der Waals surface area contributed by atoms with Crippen LogP contribution in [0, 0.1) is 5.92 Å².